The second kappa shape index (κ2) is 6.57. The molecule has 0 bridgehead atoms. The maximum absolute atomic E-state index is 11.9. The van der Waals surface area contributed by atoms with Gasteiger partial charge >= 0.3 is 0 Å². The Bertz CT molecular complexity index is 284. The Morgan fingerprint density at radius 3 is 2.50 bits per heavy atom. The summed E-state index contributed by atoms with van der Waals surface area (Å²) in [5.41, 5.74) is 0. The van der Waals surface area contributed by atoms with E-state index in [9.17, 15) is 8.42 Å². The molecule has 96 valence electrons. The Morgan fingerprint density at radius 1 is 1.38 bits per heavy atom. The number of nitrogens with one attached hydrogen (secondary N) is 1. The van der Waals surface area contributed by atoms with E-state index < -0.39 is 9.84 Å². The van der Waals surface area contributed by atoms with Gasteiger partial charge in [0.2, 0.25) is 0 Å². The molecule has 1 unspecified atom stereocenters. The van der Waals surface area contributed by atoms with Crippen molar-refractivity contribution in [1.82, 2.24) is 5.32 Å². The molecule has 0 aromatic heterocycles. The molecule has 1 aliphatic rings. The van der Waals surface area contributed by atoms with Crippen LogP contribution in [0.15, 0.2) is 0 Å². The Hall–Kier alpha value is -0.130. The van der Waals surface area contributed by atoms with Gasteiger partial charge in [-0.15, -0.1) is 0 Å². The molecular formula is C11H23NO3S. The van der Waals surface area contributed by atoms with Crippen molar-refractivity contribution in [2.75, 3.05) is 25.2 Å². The molecule has 1 fully saturated rings. The maximum Gasteiger partial charge on any atom is 0.152 e. The molecule has 0 saturated heterocycles. The highest BCUT2D eigenvalue weighted by Crippen LogP contribution is 2.26. The molecule has 5 heteroatoms. The molecule has 0 aromatic rings. The first kappa shape index (κ1) is 13.9. The van der Waals surface area contributed by atoms with E-state index in [-0.39, 0.29) is 18.4 Å². The number of sulfone groups is 1. The van der Waals surface area contributed by atoms with Crippen LogP contribution in [0.2, 0.25) is 0 Å². The predicted molar refractivity (Wildman–Crippen MR) is 65.2 cm³/mol. The van der Waals surface area contributed by atoms with Crippen molar-refractivity contribution in [3.63, 3.8) is 0 Å². The molecule has 2 N–H and O–H groups in total. The molecule has 0 aromatic carbocycles. The molecule has 1 rings (SSSR count). The summed E-state index contributed by atoms with van der Waals surface area (Å²) in [5.74, 6) is 0.855. The van der Waals surface area contributed by atoms with Crippen LogP contribution in [0, 0.1) is 5.92 Å². The van der Waals surface area contributed by atoms with E-state index in [4.69, 9.17) is 5.11 Å². The summed E-state index contributed by atoms with van der Waals surface area (Å²) in [5, 5.41) is 11.8. The van der Waals surface area contributed by atoms with Crippen LogP contribution >= 0.6 is 0 Å². The van der Waals surface area contributed by atoms with Gasteiger partial charge in [0.1, 0.15) is 0 Å². The number of aliphatic hydroxyl groups is 1. The monoisotopic (exact) mass is 249 g/mol. The summed E-state index contributed by atoms with van der Waals surface area (Å²) in [7, 11) is -1.23. The summed E-state index contributed by atoms with van der Waals surface area (Å²) >= 11 is 0. The second-order valence-corrected chi connectivity index (χ2v) is 6.88. The van der Waals surface area contributed by atoms with Crippen molar-refractivity contribution >= 4 is 9.84 Å². The highest BCUT2D eigenvalue weighted by atomic mass is 32.2. The first-order valence-corrected chi connectivity index (χ1v) is 7.88. The van der Waals surface area contributed by atoms with Crippen LogP contribution in [0.5, 0.6) is 0 Å². The molecule has 1 atom stereocenters. The predicted octanol–water partition coefficient (Wildman–Crippen LogP) is 0.562. The molecule has 16 heavy (non-hydrogen) atoms. The summed E-state index contributed by atoms with van der Waals surface area (Å²) in [4.78, 5) is 0. The van der Waals surface area contributed by atoms with Gasteiger partial charge in [0.05, 0.1) is 11.5 Å². The lowest BCUT2D eigenvalue weighted by Gasteiger charge is -2.16. The standard InChI is InChI=1S/C11H23NO3S/c1-12-11(6-7-13)9-16(14,15)8-10-4-2-3-5-10/h10-13H,2-9H2,1H3. The quantitative estimate of drug-likeness (QED) is 0.692. The Balaban J connectivity index is 2.42. The first-order valence-electron chi connectivity index (χ1n) is 6.06. The summed E-state index contributed by atoms with van der Waals surface area (Å²) in [6.07, 6.45) is 4.96. The smallest absolute Gasteiger partial charge is 0.152 e. The van der Waals surface area contributed by atoms with E-state index in [1.807, 2.05) is 0 Å². The van der Waals surface area contributed by atoms with Crippen LogP contribution in [0.25, 0.3) is 0 Å². The zero-order valence-corrected chi connectivity index (χ0v) is 10.8. The Morgan fingerprint density at radius 2 is 2.00 bits per heavy atom. The SMILES string of the molecule is CNC(CCO)CS(=O)(=O)CC1CCCC1. The summed E-state index contributed by atoms with van der Waals surface area (Å²) < 4.78 is 23.8. The van der Waals surface area contributed by atoms with E-state index in [0.717, 1.165) is 12.8 Å². The van der Waals surface area contributed by atoms with E-state index in [2.05, 4.69) is 5.32 Å². The molecule has 0 aliphatic heterocycles. The molecular weight excluding hydrogens is 226 g/mol. The lowest BCUT2D eigenvalue weighted by Crippen LogP contribution is -2.35. The van der Waals surface area contributed by atoms with Crippen LogP contribution in [-0.4, -0.2) is 44.7 Å². The van der Waals surface area contributed by atoms with Crippen LogP contribution in [0.4, 0.5) is 0 Å². The minimum atomic E-state index is -2.97. The largest absolute Gasteiger partial charge is 0.396 e. The fourth-order valence-corrected chi connectivity index (χ4v) is 4.51. The van der Waals surface area contributed by atoms with E-state index in [1.54, 1.807) is 7.05 Å². The molecule has 0 spiro atoms. The Kier molecular flexibility index (Phi) is 5.72. The number of hydrogen-bond donors (Lipinski definition) is 2. The average Bonchev–Trinajstić information content (AvgIpc) is 2.68. The molecule has 4 nitrogen and oxygen atoms in total. The zero-order valence-electron chi connectivity index (χ0n) is 9.98. The maximum atomic E-state index is 11.9. The fraction of sp³-hybridized carbons (Fsp3) is 1.00. The third-order valence-corrected chi connectivity index (χ3v) is 5.19. The molecule has 1 aliphatic carbocycles. The molecule has 1 saturated carbocycles. The molecule has 0 radical (unpaired) electrons. The normalized spacial score (nSPS) is 20.1. The van der Waals surface area contributed by atoms with Gasteiger partial charge < -0.3 is 10.4 Å². The zero-order chi connectivity index (χ0) is 12.0. The van der Waals surface area contributed by atoms with Crippen molar-refractivity contribution < 1.29 is 13.5 Å². The first-order chi connectivity index (χ1) is 7.57. The second-order valence-electron chi connectivity index (χ2n) is 4.73. The van der Waals surface area contributed by atoms with Crippen LogP contribution in [-0.2, 0) is 9.84 Å². The van der Waals surface area contributed by atoms with Crippen molar-refractivity contribution in [2.24, 2.45) is 5.92 Å². The van der Waals surface area contributed by atoms with Gasteiger partial charge in [0.15, 0.2) is 9.84 Å². The topological polar surface area (TPSA) is 66.4 Å². The third-order valence-electron chi connectivity index (χ3n) is 3.31. The highest BCUT2D eigenvalue weighted by molar-refractivity contribution is 7.91. The van der Waals surface area contributed by atoms with Crippen LogP contribution < -0.4 is 5.32 Å². The third kappa shape index (κ3) is 4.80. The van der Waals surface area contributed by atoms with Crippen molar-refractivity contribution in [3.05, 3.63) is 0 Å². The lowest BCUT2D eigenvalue weighted by atomic mass is 10.1. The number of rotatable bonds is 7. The van der Waals surface area contributed by atoms with Gasteiger partial charge in [-0.25, -0.2) is 8.42 Å². The average molecular weight is 249 g/mol. The Labute approximate surface area is 98.4 Å². The lowest BCUT2D eigenvalue weighted by molar-refractivity contribution is 0.272. The molecule has 0 heterocycles. The van der Waals surface area contributed by atoms with Crippen molar-refractivity contribution in [1.29, 1.82) is 0 Å². The number of hydrogen-bond acceptors (Lipinski definition) is 4. The summed E-state index contributed by atoms with van der Waals surface area (Å²) in [6.45, 7) is 0.0322. The van der Waals surface area contributed by atoms with Gasteiger partial charge in [-0.1, -0.05) is 12.8 Å². The van der Waals surface area contributed by atoms with Gasteiger partial charge in [-0.05, 0) is 32.2 Å². The highest BCUT2D eigenvalue weighted by Gasteiger charge is 2.24. The van der Waals surface area contributed by atoms with Crippen molar-refractivity contribution in [2.45, 2.75) is 38.1 Å². The van der Waals surface area contributed by atoms with Gasteiger partial charge in [0, 0.05) is 12.6 Å². The van der Waals surface area contributed by atoms with E-state index in [1.165, 1.54) is 12.8 Å². The van der Waals surface area contributed by atoms with Crippen molar-refractivity contribution in [3.8, 4) is 0 Å². The van der Waals surface area contributed by atoms with Gasteiger partial charge in [-0.2, -0.15) is 0 Å². The minimum Gasteiger partial charge on any atom is -0.396 e. The van der Waals surface area contributed by atoms with Crippen LogP contribution in [0.1, 0.15) is 32.1 Å². The van der Waals surface area contributed by atoms with Gasteiger partial charge in [0.25, 0.3) is 0 Å². The van der Waals surface area contributed by atoms with Gasteiger partial charge in [-0.3, -0.25) is 0 Å². The minimum absolute atomic E-state index is 0.0322. The van der Waals surface area contributed by atoms with E-state index >= 15 is 0 Å². The summed E-state index contributed by atoms with van der Waals surface area (Å²) in [6, 6.07) is -0.114. The number of aliphatic hydroxyl groups excluding tert-OH is 1. The van der Waals surface area contributed by atoms with Crippen LogP contribution in [0.3, 0.4) is 0 Å². The molecule has 0 amide bonds. The van der Waals surface area contributed by atoms with E-state index in [0.29, 0.717) is 18.1 Å². The fourth-order valence-electron chi connectivity index (χ4n) is 2.38.